The molecule has 1 saturated heterocycles. The molecule has 1 unspecified atom stereocenters. The summed E-state index contributed by atoms with van der Waals surface area (Å²) in [4.78, 5) is 22.3. The summed E-state index contributed by atoms with van der Waals surface area (Å²) < 4.78 is 6.75. The minimum absolute atomic E-state index is 0.0147. The van der Waals surface area contributed by atoms with Crippen molar-refractivity contribution in [2.24, 2.45) is 5.73 Å². The number of amides is 3. The summed E-state index contributed by atoms with van der Waals surface area (Å²) in [6.07, 6.45) is 5.10. The van der Waals surface area contributed by atoms with E-state index in [1.165, 1.54) is 17.1 Å². The Morgan fingerprint density at radius 3 is 3.11 bits per heavy atom. The molecule has 0 aromatic carbocycles. The van der Waals surface area contributed by atoms with Gasteiger partial charge in [-0.25, -0.2) is 4.79 Å². The van der Waals surface area contributed by atoms with E-state index in [0.29, 0.717) is 12.2 Å². The van der Waals surface area contributed by atoms with Gasteiger partial charge in [0.05, 0.1) is 18.0 Å². The van der Waals surface area contributed by atoms with Gasteiger partial charge in [-0.2, -0.15) is 5.10 Å². The Labute approximate surface area is 110 Å². The van der Waals surface area contributed by atoms with Gasteiger partial charge in [0.1, 0.15) is 6.54 Å². The van der Waals surface area contributed by atoms with Crippen LogP contribution in [0.4, 0.5) is 10.5 Å². The topological polar surface area (TPSA) is 111 Å². The van der Waals surface area contributed by atoms with Gasteiger partial charge in [0.25, 0.3) is 0 Å². The molecule has 1 aliphatic heterocycles. The third-order valence-electron chi connectivity index (χ3n) is 2.72. The average molecular weight is 267 g/mol. The molecule has 0 saturated carbocycles. The maximum Gasteiger partial charge on any atom is 0.319 e. The largest absolute Gasteiger partial charge is 0.376 e. The van der Waals surface area contributed by atoms with E-state index < -0.39 is 5.91 Å². The van der Waals surface area contributed by atoms with Crippen molar-refractivity contribution < 1.29 is 14.3 Å². The van der Waals surface area contributed by atoms with Crippen LogP contribution in [-0.2, 0) is 16.1 Å². The number of carbonyl (C=O) groups is 2. The Bertz CT molecular complexity index is 453. The van der Waals surface area contributed by atoms with Crippen LogP contribution in [0.5, 0.6) is 0 Å². The summed E-state index contributed by atoms with van der Waals surface area (Å²) in [6.45, 7) is 1.23. The lowest BCUT2D eigenvalue weighted by Gasteiger charge is -2.10. The van der Waals surface area contributed by atoms with Gasteiger partial charge in [0.15, 0.2) is 0 Å². The molecule has 0 bridgehead atoms. The van der Waals surface area contributed by atoms with Gasteiger partial charge < -0.3 is 21.1 Å². The monoisotopic (exact) mass is 267 g/mol. The molecule has 2 rings (SSSR count). The van der Waals surface area contributed by atoms with Crippen molar-refractivity contribution in [2.75, 3.05) is 18.5 Å². The first kappa shape index (κ1) is 13.3. The maximum absolute atomic E-state index is 11.6. The molecule has 1 fully saturated rings. The molecule has 2 heterocycles. The zero-order valence-corrected chi connectivity index (χ0v) is 10.5. The number of hydrogen-bond acceptors (Lipinski definition) is 4. The zero-order valence-electron chi connectivity index (χ0n) is 10.5. The standard InChI is InChI=1S/C11H17N5O3/c12-10(17)7-16-6-8(4-14-16)15-11(18)13-5-9-2-1-3-19-9/h4,6,9H,1-3,5,7H2,(H2,12,17)(H2,13,15,18). The van der Waals surface area contributed by atoms with E-state index in [9.17, 15) is 9.59 Å². The highest BCUT2D eigenvalue weighted by Gasteiger charge is 2.16. The van der Waals surface area contributed by atoms with Crippen molar-refractivity contribution in [3.63, 3.8) is 0 Å². The second-order valence-electron chi connectivity index (χ2n) is 4.36. The molecule has 4 N–H and O–H groups in total. The Hall–Kier alpha value is -2.09. The molecule has 3 amide bonds. The summed E-state index contributed by atoms with van der Waals surface area (Å²) in [5.41, 5.74) is 5.54. The first-order chi connectivity index (χ1) is 9.13. The van der Waals surface area contributed by atoms with Crippen molar-refractivity contribution >= 4 is 17.6 Å². The smallest absolute Gasteiger partial charge is 0.319 e. The summed E-state index contributed by atoms with van der Waals surface area (Å²) in [6, 6.07) is -0.325. The lowest BCUT2D eigenvalue weighted by Crippen LogP contribution is -2.34. The number of nitrogens with zero attached hydrogens (tertiary/aromatic N) is 2. The van der Waals surface area contributed by atoms with Crippen molar-refractivity contribution in [1.29, 1.82) is 0 Å². The number of carbonyl (C=O) groups excluding carboxylic acids is 2. The summed E-state index contributed by atoms with van der Waals surface area (Å²) >= 11 is 0. The van der Waals surface area contributed by atoms with Crippen LogP contribution >= 0.6 is 0 Å². The van der Waals surface area contributed by atoms with Crippen LogP contribution in [0.15, 0.2) is 12.4 Å². The summed E-state index contributed by atoms with van der Waals surface area (Å²) in [5.74, 6) is -0.488. The molecule has 1 aromatic rings. The Kier molecular flexibility index (Phi) is 4.35. The van der Waals surface area contributed by atoms with E-state index in [1.54, 1.807) is 0 Å². The fourth-order valence-corrected chi connectivity index (χ4v) is 1.86. The number of ether oxygens (including phenoxy) is 1. The Morgan fingerprint density at radius 1 is 1.58 bits per heavy atom. The first-order valence-corrected chi connectivity index (χ1v) is 6.10. The lowest BCUT2D eigenvalue weighted by atomic mass is 10.2. The van der Waals surface area contributed by atoms with Crippen LogP contribution in [0.1, 0.15) is 12.8 Å². The van der Waals surface area contributed by atoms with E-state index in [4.69, 9.17) is 10.5 Å². The molecule has 8 heteroatoms. The molecular weight excluding hydrogens is 250 g/mol. The number of rotatable bonds is 5. The SMILES string of the molecule is NC(=O)Cn1cc(NC(=O)NCC2CCCO2)cn1. The van der Waals surface area contributed by atoms with Gasteiger partial charge in [0.2, 0.25) is 5.91 Å². The van der Waals surface area contributed by atoms with Gasteiger partial charge in [-0.3, -0.25) is 9.48 Å². The fraction of sp³-hybridized carbons (Fsp3) is 0.545. The minimum atomic E-state index is -0.488. The van der Waals surface area contributed by atoms with Gasteiger partial charge in [0, 0.05) is 19.3 Å². The van der Waals surface area contributed by atoms with Crippen LogP contribution in [0, 0.1) is 0 Å². The molecule has 1 aliphatic rings. The third-order valence-corrected chi connectivity index (χ3v) is 2.72. The molecule has 1 aromatic heterocycles. The predicted octanol–water partition coefficient (Wildman–Crippen LogP) is -0.331. The van der Waals surface area contributed by atoms with Crippen molar-refractivity contribution in [1.82, 2.24) is 15.1 Å². The van der Waals surface area contributed by atoms with Crippen LogP contribution in [0.3, 0.4) is 0 Å². The Balaban J connectivity index is 1.74. The highest BCUT2D eigenvalue weighted by atomic mass is 16.5. The number of anilines is 1. The number of primary amides is 1. The molecule has 8 nitrogen and oxygen atoms in total. The highest BCUT2D eigenvalue weighted by molar-refractivity contribution is 5.88. The molecule has 0 aliphatic carbocycles. The maximum atomic E-state index is 11.6. The van der Waals surface area contributed by atoms with E-state index in [-0.39, 0.29) is 18.7 Å². The molecule has 104 valence electrons. The van der Waals surface area contributed by atoms with Gasteiger partial charge in [-0.15, -0.1) is 0 Å². The average Bonchev–Trinajstić information content (AvgIpc) is 2.97. The number of aromatic nitrogens is 2. The molecule has 0 radical (unpaired) electrons. The number of nitrogens with one attached hydrogen (secondary N) is 2. The van der Waals surface area contributed by atoms with Gasteiger partial charge in [-0.05, 0) is 12.8 Å². The van der Waals surface area contributed by atoms with E-state index >= 15 is 0 Å². The second kappa shape index (κ2) is 6.19. The first-order valence-electron chi connectivity index (χ1n) is 6.10. The molecule has 0 spiro atoms. The zero-order chi connectivity index (χ0) is 13.7. The van der Waals surface area contributed by atoms with E-state index in [2.05, 4.69) is 15.7 Å². The van der Waals surface area contributed by atoms with E-state index in [1.807, 2.05) is 0 Å². The normalized spacial score (nSPS) is 18.2. The van der Waals surface area contributed by atoms with Crippen LogP contribution in [0.2, 0.25) is 0 Å². The summed E-state index contributed by atoms with van der Waals surface area (Å²) in [5, 5.41) is 9.23. The van der Waals surface area contributed by atoms with Gasteiger partial charge >= 0.3 is 6.03 Å². The van der Waals surface area contributed by atoms with Crippen molar-refractivity contribution in [3.8, 4) is 0 Å². The quantitative estimate of drug-likeness (QED) is 0.678. The van der Waals surface area contributed by atoms with Crippen LogP contribution < -0.4 is 16.4 Å². The minimum Gasteiger partial charge on any atom is -0.376 e. The molecule has 19 heavy (non-hydrogen) atoms. The number of hydrogen-bond donors (Lipinski definition) is 3. The molecule has 1 atom stereocenters. The van der Waals surface area contributed by atoms with Crippen molar-refractivity contribution in [2.45, 2.75) is 25.5 Å². The predicted molar refractivity (Wildman–Crippen MR) is 67.4 cm³/mol. The van der Waals surface area contributed by atoms with Gasteiger partial charge in [-0.1, -0.05) is 0 Å². The van der Waals surface area contributed by atoms with Crippen LogP contribution in [-0.4, -0.2) is 41.0 Å². The second-order valence-corrected chi connectivity index (χ2v) is 4.36. The van der Waals surface area contributed by atoms with E-state index in [0.717, 1.165) is 19.4 Å². The number of nitrogens with two attached hydrogens (primary N) is 1. The van der Waals surface area contributed by atoms with Crippen molar-refractivity contribution in [3.05, 3.63) is 12.4 Å². The summed E-state index contributed by atoms with van der Waals surface area (Å²) in [7, 11) is 0. The lowest BCUT2D eigenvalue weighted by molar-refractivity contribution is -0.118. The van der Waals surface area contributed by atoms with Crippen LogP contribution in [0.25, 0.3) is 0 Å². The molecular formula is C11H17N5O3. The fourth-order valence-electron chi connectivity index (χ4n) is 1.86. The third kappa shape index (κ3) is 4.25. The Morgan fingerprint density at radius 2 is 2.42 bits per heavy atom. The highest BCUT2D eigenvalue weighted by Crippen LogP contribution is 2.10. The number of urea groups is 1.